The van der Waals surface area contributed by atoms with Crippen LogP contribution >= 0.6 is 11.6 Å². The minimum Gasteiger partial charge on any atom is -0.389 e. The maximum atomic E-state index is 10.4. The van der Waals surface area contributed by atoms with Gasteiger partial charge in [0.1, 0.15) is 0 Å². The topological polar surface area (TPSA) is 35.5 Å². The van der Waals surface area contributed by atoms with Crippen LogP contribution in [0.1, 0.15) is 44.1 Å². The second kappa shape index (κ2) is 7.31. The molecule has 1 aromatic carbocycles. The lowest BCUT2D eigenvalue weighted by atomic mass is 9.99. The Hall–Kier alpha value is -0.610. The zero-order valence-electron chi connectivity index (χ0n) is 13.2. The SMILES string of the molecule is OC1(CNC2CCN(Cc3ccc(Cl)cc3)CC2)CCCC1. The molecule has 2 aliphatic rings. The average molecular weight is 323 g/mol. The molecule has 2 N–H and O–H groups in total. The van der Waals surface area contributed by atoms with E-state index in [4.69, 9.17) is 11.6 Å². The number of hydrogen-bond acceptors (Lipinski definition) is 3. The van der Waals surface area contributed by atoms with E-state index in [2.05, 4.69) is 22.3 Å². The van der Waals surface area contributed by atoms with Crippen molar-refractivity contribution in [2.75, 3.05) is 19.6 Å². The van der Waals surface area contributed by atoms with Crippen LogP contribution in [-0.2, 0) is 6.54 Å². The lowest BCUT2D eigenvalue weighted by molar-refractivity contribution is 0.0415. The van der Waals surface area contributed by atoms with E-state index < -0.39 is 5.60 Å². The van der Waals surface area contributed by atoms with E-state index in [-0.39, 0.29) is 0 Å². The van der Waals surface area contributed by atoms with Crippen LogP contribution in [0.5, 0.6) is 0 Å². The van der Waals surface area contributed by atoms with Gasteiger partial charge in [0.2, 0.25) is 0 Å². The predicted molar refractivity (Wildman–Crippen MR) is 91.2 cm³/mol. The Morgan fingerprint density at radius 1 is 1.14 bits per heavy atom. The van der Waals surface area contributed by atoms with Crippen molar-refractivity contribution in [3.63, 3.8) is 0 Å². The van der Waals surface area contributed by atoms with E-state index in [1.54, 1.807) is 0 Å². The van der Waals surface area contributed by atoms with Gasteiger partial charge in [0.25, 0.3) is 0 Å². The van der Waals surface area contributed by atoms with Crippen molar-refractivity contribution in [1.82, 2.24) is 10.2 Å². The number of hydrogen-bond donors (Lipinski definition) is 2. The van der Waals surface area contributed by atoms with E-state index in [1.165, 1.54) is 31.2 Å². The zero-order valence-corrected chi connectivity index (χ0v) is 14.0. The Kier molecular flexibility index (Phi) is 5.40. The summed E-state index contributed by atoms with van der Waals surface area (Å²) in [5.74, 6) is 0. The molecule has 1 saturated heterocycles. The molecule has 122 valence electrons. The number of nitrogens with one attached hydrogen (secondary N) is 1. The minimum atomic E-state index is -0.430. The summed E-state index contributed by atoms with van der Waals surface area (Å²) >= 11 is 5.93. The van der Waals surface area contributed by atoms with Gasteiger partial charge in [-0.1, -0.05) is 36.6 Å². The summed E-state index contributed by atoms with van der Waals surface area (Å²) in [5.41, 5.74) is 0.900. The molecule has 1 saturated carbocycles. The molecule has 0 bridgehead atoms. The second-order valence-electron chi connectivity index (χ2n) is 6.99. The fraction of sp³-hybridized carbons (Fsp3) is 0.667. The average Bonchev–Trinajstić information content (AvgIpc) is 2.96. The standard InChI is InChI=1S/C18H27ClN2O/c19-16-5-3-15(4-6-16)13-21-11-7-17(8-12-21)20-14-18(22)9-1-2-10-18/h3-6,17,20,22H,1-2,7-14H2. The van der Waals surface area contributed by atoms with Crippen LogP contribution in [0.4, 0.5) is 0 Å². The van der Waals surface area contributed by atoms with Crippen LogP contribution < -0.4 is 5.32 Å². The summed E-state index contributed by atoms with van der Waals surface area (Å²) in [6.07, 6.45) is 6.63. The summed E-state index contributed by atoms with van der Waals surface area (Å²) in [6, 6.07) is 8.72. The zero-order chi connectivity index (χ0) is 15.4. The molecule has 1 aromatic rings. The van der Waals surface area contributed by atoms with Crippen molar-refractivity contribution in [3.05, 3.63) is 34.9 Å². The lowest BCUT2D eigenvalue weighted by Crippen LogP contribution is -2.47. The van der Waals surface area contributed by atoms with Gasteiger partial charge in [0.05, 0.1) is 5.60 Å². The molecule has 3 rings (SSSR count). The maximum Gasteiger partial charge on any atom is 0.0771 e. The highest BCUT2D eigenvalue weighted by atomic mass is 35.5. The first-order chi connectivity index (χ1) is 10.6. The minimum absolute atomic E-state index is 0.430. The monoisotopic (exact) mass is 322 g/mol. The lowest BCUT2D eigenvalue weighted by Gasteiger charge is -2.34. The number of benzene rings is 1. The van der Waals surface area contributed by atoms with Gasteiger partial charge < -0.3 is 10.4 Å². The number of nitrogens with zero attached hydrogens (tertiary/aromatic N) is 1. The van der Waals surface area contributed by atoms with E-state index in [9.17, 15) is 5.11 Å². The van der Waals surface area contributed by atoms with Crippen LogP contribution in [0, 0.1) is 0 Å². The van der Waals surface area contributed by atoms with E-state index in [0.29, 0.717) is 6.04 Å². The van der Waals surface area contributed by atoms with Crippen molar-refractivity contribution in [2.45, 2.75) is 56.7 Å². The first kappa shape index (κ1) is 16.3. The Balaban J connectivity index is 1.39. The van der Waals surface area contributed by atoms with Crippen molar-refractivity contribution < 1.29 is 5.11 Å². The van der Waals surface area contributed by atoms with Crippen LogP contribution in [-0.4, -0.2) is 41.3 Å². The molecular formula is C18H27ClN2O. The Morgan fingerprint density at radius 2 is 1.77 bits per heavy atom. The van der Waals surface area contributed by atoms with Gasteiger partial charge in [0, 0.05) is 24.2 Å². The van der Waals surface area contributed by atoms with Gasteiger partial charge >= 0.3 is 0 Å². The molecule has 3 nitrogen and oxygen atoms in total. The summed E-state index contributed by atoms with van der Waals surface area (Å²) in [5, 5.41) is 14.8. The normalized spacial score (nSPS) is 23.0. The van der Waals surface area contributed by atoms with Gasteiger partial charge in [-0.25, -0.2) is 0 Å². The fourth-order valence-electron chi connectivity index (χ4n) is 3.69. The Morgan fingerprint density at radius 3 is 2.41 bits per heavy atom. The molecule has 1 aliphatic carbocycles. The van der Waals surface area contributed by atoms with Crippen molar-refractivity contribution in [1.29, 1.82) is 0 Å². The maximum absolute atomic E-state index is 10.4. The molecule has 0 aromatic heterocycles. The number of aliphatic hydroxyl groups is 1. The third-order valence-electron chi connectivity index (χ3n) is 5.16. The van der Waals surface area contributed by atoms with Gasteiger partial charge in [0.15, 0.2) is 0 Å². The summed E-state index contributed by atoms with van der Waals surface area (Å²) < 4.78 is 0. The van der Waals surface area contributed by atoms with Crippen LogP contribution in [0.15, 0.2) is 24.3 Å². The van der Waals surface area contributed by atoms with Crippen LogP contribution in [0.2, 0.25) is 5.02 Å². The first-order valence-corrected chi connectivity index (χ1v) is 8.93. The van der Waals surface area contributed by atoms with Crippen LogP contribution in [0.3, 0.4) is 0 Å². The molecule has 4 heteroatoms. The molecule has 2 fully saturated rings. The highest BCUT2D eigenvalue weighted by Crippen LogP contribution is 2.29. The number of piperidine rings is 1. The fourth-order valence-corrected chi connectivity index (χ4v) is 3.81. The molecular weight excluding hydrogens is 296 g/mol. The molecule has 0 amide bonds. The van der Waals surface area contributed by atoms with Crippen molar-refractivity contribution in [2.24, 2.45) is 0 Å². The van der Waals surface area contributed by atoms with Gasteiger partial charge in [-0.3, -0.25) is 4.90 Å². The summed E-state index contributed by atoms with van der Waals surface area (Å²) in [7, 11) is 0. The van der Waals surface area contributed by atoms with Crippen molar-refractivity contribution >= 4 is 11.6 Å². The highest BCUT2D eigenvalue weighted by molar-refractivity contribution is 6.30. The molecule has 22 heavy (non-hydrogen) atoms. The van der Waals surface area contributed by atoms with Gasteiger partial charge in [-0.2, -0.15) is 0 Å². The van der Waals surface area contributed by atoms with Gasteiger partial charge in [-0.05, 0) is 56.5 Å². The quantitative estimate of drug-likeness (QED) is 0.874. The van der Waals surface area contributed by atoms with E-state index in [1.807, 2.05) is 12.1 Å². The third-order valence-corrected chi connectivity index (χ3v) is 5.41. The molecule has 0 atom stereocenters. The number of rotatable bonds is 5. The largest absolute Gasteiger partial charge is 0.389 e. The highest BCUT2D eigenvalue weighted by Gasteiger charge is 2.31. The summed E-state index contributed by atoms with van der Waals surface area (Å²) in [6.45, 7) is 4.03. The molecule has 0 spiro atoms. The van der Waals surface area contributed by atoms with Crippen molar-refractivity contribution in [3.8, 4) is 0 Å². The smallest absolute Gasteiger partial charge is 0.0771 e. The predicted octanol–water partition coefficient (Wildman–Crippen LogP) is 3.20. The Bertz CT molecular complexity index is 462. The van der Waals surface area contributed by atoms with Crippen LogP contribution in [0.25, 0.3) is 0 Å². The third kappa shape index (κ3) is 4.45. The number of likely N-dealkylation sites (tertiary alicyclic amines) is 1. The molecule has 1 heterocycles. The second-order valence-corrected chi connectivity index (χ2v) is 7.43. The molecule has 0 radical (unpaired) electrons. The Labute approximate surface area is 138 Å². The van der Waals surface area contributed by atoms with E-state index >= 15 is 0 Å². The summed E-state index contributed by atoms with van der Waals surface area (Å²) in [4.78, 5) is 2.51. The van der Waals surface area contributed by atoms with Gasteiger partial charge in [-0.15, -0.1) is 0 Å². The molecule has 1 aliphatic heterocycles. The first-order valence-electron chi connectivity index (χ1n) is 8.56. The number of halogens is 1. The van der Waals surface area contributed by atoms with E-state index in [0.717, 1.165) is 44.0 Å². The molecule has 0 unspecified atom stereocenters.